The summed E-state index contributed by atoms with van der Waals surface area (Å²) in [5.41, 5.74) is 12.3. The molecule has 0 aliphatic carbocycles. The van der Waals surface area contributed by atoms with E-state index in [1.54, 1.807) is 13.8 Å². The SMILES string of the molecule is CC(C)(O)C(C)(C)OBc1cc(-c2ccccc2-c2ccc(-c3ccccn3)cc2)cc(-c2ccccc2-c2ccc(-c3ccccn3)cc2)c1. The molecule has 1 N–H and O–H groups in total. The molecule has 51 heavy (non-hydrogen) atoms. The van der Waals surface area contributed by atoms with Crippen LogP contribution in [0, 0.1) is 0 Å². The van der Waals surface area contributed by atoms with Crippen LogP contribution < -0.4 is 5.46 Å². The molecule has 250 valence electrons. The highest BCUT2D eigenvalue weighted by molar-refractivity contribution is 6.47. The third-order valence-corrected chi connectivity index (χ3v) is 9.86. The summed E-state index contributed by atoms with van der Waals surface area (Å²) in [6, 6.07) is 53.0. The topological polar surface area (TPSA) is 55.2 Å². The summed E-state index contributed by atoms with van der Waals surface area (Å²) in [6.07, 6.45) is 3.65. The van der Waals surface area contributed by atoms with Crippen molar-refractivity contribution in [1.82, 2.24) is 9.97 Å². The Kier molecular flexibility index (Phi) is 9.51. The van der Waals surface area contributed by atoms with Gasteiger partial charge in [-0.25, -0.2) is 0 Å². The number of pyridine rings is 2. The number of hydrogen-bond donors (Lipinski definition) is 1. The molecular formula is C46H41BN2O2. The molecule has 0 unspecified atom stereocenters. The van der Waals surface area contributed by atoms with Gasteiger partial charge in [0.15, 0.2) is 0 Å². The van der Waals surface area contributed by atoms with Crippen molar-refractivity contribution >= 4 is 12.9 Å². The third kappa shape index (κ3) is 7.46. The van der Waals surface area contributed by atoms with Crippen molar-refractivity contribution in [3.05, 3.63) is 164 Å². The molecule has 7 rings (SSSR count). The second-order valence-electron chi connectivity index (χ2n) is 14.0. The van der Waals surface area contributed by atoms with Crippen molar-refractivity contribution in [2.45, 2.75) is 38.9 Å². The molecule has 2 heterocycles. The van der Waals surface area contributed by atoms with Gasteiger partial charge in [0.1, 0.15) is 0 Å². The maximum Gasteiger partial charge on any atom is 0.309 e. The van der Waals surface area contributed by atoms with Gasteiger partial charge in [-0.15, -0.1) is 0 Å². The summed E-state index contributed by atoms with van der Waals surface area (Å²) in [6.45, 7) is 7.45. The molecule has 5 aromatic carbocycles. The van der Waals surface area contributed by atoms with Crippen LogP contribution in [0.15, 0.2) is 164 Å². The van der Waals surface area contributed by atoms with E-state index in [1.807, 2.05) is 62.6 Å². The van der Waals surface area contributed by atoms with Crippen LogP contribution in [0.4, 0.5) is 0 Å². The van der Waals surface area contributed by atoms with Gasteiger partial charge in [0.25, 0.3) is 0 Å². The fraction of sp³-hybridized carbons (Fsp3) is 0.130. The Bertz CT molecular complexity index is 2100. The Labute approximate surface area is 301 Å². The van der Waals surface area contributed by atoms with Gasteiger partial charge in [-0.2, -0.15) is 0 Å². The smallest absolute Gasteiger partial charge is 0.309 e. The molecule has 5 heteroatoms. The lowest BCUT2D eigenvalue weighted by molar-refractivity contribution is -0.0893. The monoisotopic (exact) mass is 664 g/mol. The maximum atomic E-state index is 10.9. The number of aromatic nitrogens is 2. The van der Waals surface area contributed by atoms with Gasteiger partial charge >= 0.3 is 7.48 Å². The highest BCUT2D eigenvalue weighted by Gasteiger charge is 2.35. The summed E-state index contributed by atoms with van der Waals surface area (Å²) in [4.78, 5) is 9.06. The van der Waals surface area contributed by atoms with E-state index in [0.717, 1.165) is 72.5 Å². The predicted molar refractivity (Wildman–Crippen MR) is 213 cm³/mol. The lowest BCUT2D eigenvalue weighted by atomic mass is 9.79. The van der Waals surface area contributed by atoms with Gasteiger partial charge < -0.3 is 9.76 Å². The Balaban J connectivity index is 1.31. The number of nitrogens with zero attached hydrogens (tertiary/aromatic N) is 2. The van der Waals surface area contributed by atoms with Crippen molar-refractivity contribution in [1.29, 1.82) is 0 Å². The molecule has 0 radical (unpaired) electrons. The van der Waals surface area contributed by atoms with Gasteiger partial charge in [0.05, 0.1) is 22.6 Å². The number of aliphatic hydroxyl groups is 1. The van der Waals surface area contributed by atoms with Crippen molar-refractivity contribution in [2.75, 3.05) is 0 Å². The molecule has 0 atom stereocenters. The maximum absolute atomic E-state index is 10.9. The van der Waals surface area contributed by atoms with Crippen LogP contribution in [0.3, 0.4) is 0 Å². The van der Waals surface area contributed by atoms with Crippen LogP contribution in [0.1, 0.15) is 27.7 Å². The first-order valence-corrected chi connectivity index (χ1v) is 17.4. The van der Waals surface area contributed by atoms with Crippen LogP contribution in [0.5, 0.6) is 0 Å². The highest BCUT2D eigenvalue weighted by atomic mass is 16.5. The van der Waals surface area contributed by atoms with Gasteiger partial charge in [0.2, 0.25) is 0 Å². The van der Waals surface area contributed by atoms with Crippen molar-refractivity contribution in [3.8, 4) is 67.0 Å². The van der Waals surface area contributed by atoms with Crippen molar-refractivity contribution in [2.24, 2.45) is 0 Å². The summed E-state index contributed by atoms with van der Waals surface area (Å²) in [5, 5.41) is 10.9. The molecule has 0 saturated heterocycles. The van der Waals surface area contributed by atoms with E-state index in [1.165, 1.54) is 0 Å². The number of rotatable bonds is 10. The quantitative estimate of drug-likeness (QED) is 0.148. The van der Waals surface area contributed by atoms with Crippen LogP contribution in [-0.4, -0.2) is 33.8 Å². The fourth-order valence-electron chi connectivity index (χ4n) is 6.21. The molecule has 2 aromatic heterocycles. The first-order chi connectivity index (χ1) is 24.7. The lowest BCUT2D eigenvalue weighted by Gasteiger charge is -2.37. The first kappa shape index (κ1) is 33.9. The average Bonchev–Trinajstić information content (AvgIpc) is 3.17. The molecular weight excluding hydrogens is 623 g/mol. The molecule has 0 spiro atoms. The molecule has 0 amide bonds. The first-order valence-electron chi connectivity index (χ1n) is 17.4. The van der Waals surface area contributed by atoms with Crippen LogP contribution in [-0.2, 0) is 4.65 Å². The lowest BCUT2D eigenvalue weighted by Crippen LogP contribution is -2.49. The summed E-state index contributed by atoms with van der Waals surface area (Å²) in [5.74, 6) is 0. The molecule has 0 aliphatic rings. The van der Waals surface area contributed by atoms with Crippen LogP contribution in [0.25, 0.3) is 67.0 Å². The van der Waals surface area contributed by atoms with E-state index in [2.05, 4.69) is 125 Å². The minimum Gasteiger partial charge on any atom is -0.427 e. The van der Waals surface area contributed by atoms with E-state index in [0.29, 0.717) is 7.48 Å². The predicted octanol–water partition coefficient (Wildman–Crippen LogP) is 10.0. The number of benzene rings is 5. The third-order valence-electron chi connectivity index (χ3n) is 9.86. The minimum absolute atomic E-state index is 0.347. The zero-order valence-electron chi connectivity index (χ0n) is 29.5. The van der Waals surface area contributed by atoms with Crippen LogP contribution in [0.2, 0.25) is 0 Å². The zero-order valence-corrected chi connectivity index (χ0v) is 29.5. The van der Waals surface area contributed by atoms with E-state index in [4.69, 9.17) is 4.65 Å². The van der Waals surface area contributed by atoms with Crippen molar-refractivity contribution in [3.63, 3.8) is 0 Å². The normalized spacial score (nSPS) is 11.7. The second-order valence-corrected chi connectivity index (χ2v) is 14.0. The molecule has 0 aliphatic heterocycles. The summed E-state index contributed by atoms with van der Waals surface area (Å²) in [7, 11) is 0.347. The minimum atomic E-state index is -1.02. The summed E-state index contributed by atoms with van der Waals surface area (Å²) >= 11 is 0. The van der Waals surface area contributed by atoms with E-state index >= 15 is 0 Å². The standard InChI is InChI=1S/C46H41BN2O2/c1-45(2,50)46(3,4)51-47-38-30-36(41-15-7-5-13-39(41)32-19-23-34(24-20-32)43-17-9-11-27-48-43)29-37(31-38)42-16-8-6-14-40(42)33-21-25-35(26-22-33)44-18-10-12-28-49-44/h5-31,47,50H,1-4H3. The highest BCUT2D eigenvalue weighted by Crippen LogP contribution is 2.38. The summed E-state index contributed by atoms with van der Waals surface area (Å²) < 4.78 is 6.44. The Morgan fingerprint density at radius 1 is 0.451 bits per heavy atom. The van der Waals surface area contributed by atoms with Crippen LogP contribution >= 0.6 is 0 Å². The largest absolute Gasteiger partial charge is 0.427 e. The van der Waals surface area contributed by atoms with Gasteiger partial charge in [-0.1, -0.05) is 127 Å². The number of hydrogen-bond acceptors (Lipinski definition) is 4. The average molecular weight is 665 g/mol. The fourth-order valence-corrected chi connectivity index (χ4v) is 6.21. The second kappa shape index (κ2) is 14.3. The van der Waals surface area contributed by atoms with Gasteiger partial charge in [-0.3, -0.25) is 9.97 Å². The molecule has 0 saturated carbocycles. The van der Waals surface area contributed by atoms with E-state index in [9.17, 15) is 5.11 Å². The molecule has 4 nitrogen and oxygen atoms in total. The zero-order chi connectivity index (χ0) is 35.4. The van der Waals surface area contributed by atoms with Crippen molar-refractivity contribution < 1.29 is 9.76 Å². The van der Waals surface area contributed by atoms with E-state index in [-0.39, 0.29) is 0 Å². The Morgan fingerprint density at radius 3 is 1.20 bits per heavy atom. The Hall–Kier alpha value is -5.62. The Morgan fingerprint density at radius 2 is 0.824 bits per heavy atom. The molecule has 0 fully saturated rings. The van der Waals surface area contributed by atoms with Gasteiger partial charge in [-0.05, 0) is 103 Å². The molecule has 7 aromatic rings. The molecule has 0 bridgehead atoms. The van der Waals surface area contributed by atoms with Gasteiger partial charge in [0, 0.05) is 23.5 Å². The van der Waals surface area contributed by atoms with E-state index < -0.39 is 11.2 Å².